The van der Waals surface area contributed by atoms with Gasteiger partial charge in [0, 0.05) is 17.6 Å². The molecule has 4 aliphatic rings. The maximum Gasteiger partial charge on any atom is 0.407 e. The summed E-state index contributed by atoms with van der Waals surface area (Å²) in [6.45, 7) is 11.8. The van der Waals surface area contributed by atoms with Crippen LogP contribution in [-0.4, -0.2) is 92.1 Å². The van der Waals surface area contributed by atoms with Gasteiger partial charge in [0.2, 0.25) is 11.8 Å². The monoisotopic (exact) mass is 832 g/mol. The van der Waals surface area contributed by atoms with Crippen LogP contribution >= 0.6 is 0 Å². The average Bonchev–Trinajstić information content (AvgIpc) is 4.12. The number of rotatable bonds is 11. The quantitative estimate of drug-likeness (QED) is 0.117. The fourth-order valence-corrected chi connectivity index (χ4v) is 10.6. The fourth-order valence-electron chi connectivity index (χ4n) is 10.6. The minimum atomic E-state index is -0.703. The molecule has 4 aromatic rings. The number of aromatic nitrogens is 4. The van der Waals surface area contributed by atoms with Crippen molar-refractivity contribution in [2.75, 3.05) is 14.2 Å². The fraction of sp³-hybridized carbons (Fsp3) is 0.532. The van der Waals surface area contributed by atoms with Gasteiger partial charge in [-0.05, 0) is 110 Å². The molecular formula is C47H60N8O6. The highest BCUT2D eigenvalue weighted by Crippen LogP contribution is 2.58. The zero-order valence-corrected chi connectivity index (χ0v) is 36.6. The molecule has 0 spiro atoms. The lowest BCUT2D eigenvalue weighted by molar-refractivity contribution is -0.138. The first kappa shape index (κ1) is 42.0. The van der Waals surface area contributed by atoms with Gasteiger partial charge in [-0.3, -0.25) is 9.59 Å². The smallest absolute Gasteiger partial charge is 0.407 e. The maximum atomic E-state index is 14.0. The Morgan fingerprint density at radius 3 is 1.56 bits per heavy atom. The van der Waals surface area contributed by atoms with Crippen LogP contribution in [-0.2, 0) is 19.1 Å². The van der Waals surface area contributed by atoms with Gasteiger partial charge in [0.05, 0.1) is 50.1 Å². The van der Waals surface area contributed by atoms with Crippen molar-refractivity contribution in [3.05, 3.63) is 71.6 Å². The highest BCUT2D eigenvalue weighted by atomic mass is 16.5. The summed E-state index contributed by atoms with van der Waals surface area (Å²) in [4.78, 5) is 72.7. The molecule has 2 aromatic heterocycles. The molecular weight excluding hydrogens is 773 g/mol. The first-order valence-electron chi connectivity index (χ1n) is 22.0. The Hall–Kier alpha value is -5.66. The third-order valence-electron chi connectivity index (χ3n) is 13.8. The third-order valence-corrected chi connectivity index (χ3v) is 13.8. The van der Waals surface area contributed by atoms with Gasteiger partial charge in [0.25, 0.3) is 0 Å². The number of aromatic amines is 2. The number of fused-ring (bicyclic) bond motifs is 5. The second-order valence-electron chi connectivity index (χ2n) is 18.2. The lowest BCUT2D eigenvalue weighted by Crippen LogP contribution is -2.52. The van der Waals surface area contributed by atoms with Crippen LogP contribution in [0.15, 0.2) is 48.8 Å². The Bertz CT molecular complexity index is 2280. The number of likely N-dealkylation sites (tertiary alicyclic amines) is 2. The van der Waals surface area contributed by atoms with Crippen LogP contribution in [0.4, 0.5) is 9.59 Å². The van der Waals surface area contributed by atoms with E-state index in [1.165, 1.54) is 49.3 Å². The molecule has 2 aromatic carbocycles. The van der Waals surface area contributed by atoms with Gasteiger partial charge >= 0.3 is 12.2 Å². The highest BCUT2D eigenvalue weighted by molar-refractivity contribution is 5.88. The minimum Gasteiger partial charge on any atom is -0.453 e. The number of ether oxygens (including phenoxy) is 2. The lowest BCUT2D eigenvalue weighted by atomic mass is 9.82. The van der Waals surface area contributed by atoms with Crippen LogP contribution < -0.4 is 10.6 Å². The van der Waals surface area contributed by atoms with Crippen molar-refractivity contribution in [1.82, 2.24) is 40.4 Å². The number of H-pyrrole nitrogens is 2. The number of hydrogen-bond donors (Lipinski definition) is 4. The van der Waals surface area contributed by atoms with E-state index in [4.69, 9.17) is 19.4 Å². The Labute approximate surface area is 358 Å². The van der Waals surface area contributed by atoms with Gasteiger partial charge in [-0.1, -0.05) is 64.1 Å². The van der Waals surface area contributed by atoms with Crippen molar-refractivity contribution in [2.24, 2.45) is 11.8 Å². The minimum absolute atomic E-state index is 0.00252. The van der Waals surface area contributed by atoms with Crippen molar-refractivity contribution in [2.45, 2.75) is 135 Å². The number of alkyl carbamates (subject to hydrolysis) is 2. The summed E-state index contributed by atoms with van der Waals surface area (Å²) in [6.07, 6.45) is 9.28. The third kappa shape index (κ3) is 7.78. The van der Waals surface area contributed by atoms with Crippen molar-refractivity contribution in [3.63, 3.8) is 0 Å². The van der Waals surface area contributed by atoms with Crippen LogP contribution in [0.2, 0.25) is 0 Å². The molecule has 0 radical (unpaired) electrons. The van der Waals surface area contributed by atoms with Gasteiger partial charge in [0.1, 0.15) is 23.7 Å². The molecule has 1 saturated carbocycles. The molecule has 8 atom stereocenters. The van der Waals surface area contributed by atoms with E-state index >= 15 is 0 Å². The number of benzene rings is 2. The molecule has 4 heterocycles. The van der Waals surface area contributed by atoms with E-state index in [1.807, 2.05) is 56.8 Å². The van der Waals surface area contributed by atoms with Crippen LogP contribution in [0.3, 0.4) is 0 Å². The normalized spacial score (nSPS) is 24.0. The molecule has 4 N–H and O–H groups in total. The number of methoxy groups -OCH3 is 2. The largest absolute Gasteiger partial charge is 0.453 e. The number of carbonyl (C=O) groups excluding carboxylic acids is 4. The number of carbonyl (C=O) groups is 4. The van der Waals surface area contributed by atoms with E-state index in [9.17, 15) is 19.2 Å². The molecule has 8 rings (SSSR count). The number of imidazole rings is 2. The SMILES string of the molecule is COC(=O)N[C@H](C(=O)N1C(c2ncc(-c3ccc(-c4ccc(-c5cnc([C@@H]6CC[C@H](C)N6C(=O)[C@@H](NC(=O)OC)C(C)C)[nH]5)cc4)c4c3C3CCC4C3)[nH]2)CC[C@@H]1C)C(C)C. The Kier molecular flexibility index (Phi) is 11.7. The molecule has 2 bridgehead atoms. The molecule has 3 fully saturated rings. The molecule has 3 unspecified atom stereocenters. The maximum absolute atomic E-state index is 14.0. The summed E-state index contributed by atoms with van der Waals surface area (Å²) in [5.74, 6) is 2.01. The van der Waals surface area contributed by atoms with Crippen molar-refractivity contribution in [1.29, 1.82) is 0 Å². The van der Waals surface area contributed by atoms with E-state index in [0.717, 1.165) is 66.3 Å². The second-order valence-corrected chi connectivity index (χ2v) is 18.2. The number of hydrogen-bond acceptors (Lipinski definition) is 8. The van der Waals surface area contributed by atoms with Crippen LogP contribution in [0.25, 0.3) is 33.6 Å². The molecule has 324 valence electrons. The summed E-state index contributed by atoms with van der Waals surface area (Å²) in [7, 11) is 2.61. The molecule has 14 heteroatoms. The molecule has 61 heavy (non-hydrogen) atoms. The zero-order chi connectivity index (χ0) is 43.3. The van der Waals surface area contributed by atoms with E-state index in [2.05, 4.69) is 63.9 Å². The topological polar surface area (TPSA) is 175 Å². The summed E-state index contributed by atoms with van der Waals surface area (Å²) in [6, 6.07) is 11.3. The number of nitrogens with one attached hydrogen (secondary N) is 4. The summed E-state index contributed by atoms with van der Waals surface area (Å²) in [5.41, 5.74) is 9.30. The molecule has 4 amide bonds. The summed E-state index contributed by atoms with van der Waals surface area (Å²) < 4.78 is 9.65. The second kappa shape index (κ2) is 17.0. The van der Waals surface area contributed by atoms with Gasteiger partial charge in [0.15, 0.2) is 0 Å². The molecule has 2 saturated heterocycles. The summed E-state index contributed by atoms with van der Waals surface area (Å²) in [5, 5.41) is 5.49. The Morgan fingerprint density at radius 2 is 1.07 bits per heavy atom. The van der Waals surface area contributed by atoms with Crippen LogP contribution in [0.1, 0.15) is 133 Å². The first-order valence-corrected chi connectivity index (χ1v) is 22.0. The molecule has 2 aliphatic carbocycles. The number of amides is 4. The molecule has 2 aliphatic heterocycles. The summed E-state index contributed by atoms with van der Waals surface area (Å²) >= 11 is 0. The van der Waals surface area contributed by atoms with Crippen molar-refractivity contribution >= 4 is 24.0 Å². The Balaban J connectivity index is 1.03. The lowest BCUT2D eigenvalue weighted by Gasteiger charge is -2.33. The first-order chi connectivity index (χ1) is 29.3. The van der Waals surface area contributed by atoms with E-state index in [-0.39, 0.29) is 47.8 Å². The van der Waals surface area contributed by atoms with Gasteiger partial charge in [-0.25, -0.2) is 19.6 Å². The predicted molar refractivity (Wildman–Crippen MR) is 231 cm³/mol. The van der Waals surface area contributed by atoms with E-state index in [1.54, 1.807) is 0 Å². The van der Waals surface area contributed by atoms with E-state index < -0.39 is 24.3 Å². The van der Waals surface area contributed by atoms with Crippen molar-refractivity contribution in [3.8, 4) is 33.6 Å². The predicted octanol–water partition coefficient (Wildman–Crippen LogP) is 8.36. The number of nitrogens with zero attached hydrogens (tertiary/aromatic N) is 4. The average molecular weight is 833 g/mol. The van der Waals surface area contributed by atoms with E-state index in [0.29, 0.717) is 11.8 Å². The van der Waals surface area contributed by atoms with Crippen LogP contribution in [0, 0.1) is 11.8 Å². The van der Waals surface area contributed by atoms with Gasteiger partial charge in [-0.15, -0.1) is 0 Å². The van der Waals surface area contributed by atoms with Crippen molar-refractivity contribution < 1.29 is 28.7 Å². The standard InChI is InChI=1S/C47H60N8O6/c1-24(2)40(52-46(58)60-7)44(56)54-26(5)9-19-36(54)42-48-22-34(50-42)29-13-11-28(12-14-29)32-17-18-33(39-31-16-15-30(21-31)38(32)39)35-23-49-43(51-35)37-20-10-27(6)55(37)45(57)41(25(3)4)53-47(59)61-8/h11-14,17-18,22-27,30-31,36-37,40-41H,9-10,15-16,19-21H2,1-8H3,(H,48,50)(H,49,51)(H,52,58)(H,53,59)/t26-,27-,30?,31?,36-,37?,40-,41-/m0/s1. The molecule has 14 nitrogen and oxygen atoms in total. The Morgan fingerprint density at radius 1 is 0.623 bits per heavy atom. The highest BCUT2D eigenvalue weighted by Gasteiger charge is 2.44. The van der Waals surface area contributed by atoms with Gasteiger partial charge in [-0.2, -0.15) is 0 Å². The van der Waals surface area contributed by atoms with Gasteiger partial charge < -0.3 is 39.9 Å². The van der Waals surface area contributed by atoms with Crippen LogP contribution in [0.5, 0.6) is 0 Å². The zero-order valence-electron chi connectivity index (χ0n) is 36.6.